The van der Waals surface area contributed by atoms with Crippen LogP contribution in [0.25, 0.3) is 0 Å². The summed E-state index contributed by atoms with van der Waals surface area (Å²) in [5.41, 5.74) is 1.48. The van der Waals surface area contributed by atoms with Crippen LogP contribution in [0.1, 0.15) is 12.0 Å². The Morgan fingerprint density at radius 3 is 2.82 bits per heavy atom. The minimum atomic E-state index is -0.252. The van der Waals surface area contributed by atoms with Crippen molar-refractivity contribution in [3.8, 4) is 0 Å². The molecule has 94 valence electrons. The Morgan fingerprint density at radius 1 is 1.41 bits per heavy atom. The molecule has 1 aliphatic rings. The maximum absolute atomic E-state index is 13.3. The predicted molar refractivity (Wildman–Crippen MR) is 65.6 cm³/mol. The van der Waals surface area contributed by atoms with Crippen molar-refractivity contribution >= 4 is 5.69 Å². The van der Waals surface area contributed by atoms with Gasteiger partial charge < -0.3 is 5.32 Å². The van der Waals surface area contributed by atoms with Crippen LogP contribution in [0.2, 0.25) is 0 Å². The Bertz CT molecular complexity index is 376. The fourth-order valence-corrected chi connectivity index (χ4v) is 2.05. The van der Waals surface area contributed by atoms with Gasteiger partial charge in [0.05, 0.1) is 12.7 Å². The number of aryl methyl sites for hydroxylation is 1. The second-order valence-corrected chi connectivity index (χ2v) is 4.61. The molecule has 0 radical (unpaired) electrons. The van der Waals surface area contributed by atoms with Crippen LogP contribution in [0.15, 0.2) is 18.2 Å². The van der Waals surface area contributed by atoms with Gasteiger partial charge in [0.1, 0.15) is 5.82 Å². The Balaban J connectivity index is 1.77. The number of halogens is 2. The van der Waals surface area contributed by atoms with E-state index in [1.165, 1.54) is 6.07 Å². The van der Waals surface area contributed by atoms with Crippen molar-refractivity contribution in [1.82, 2.24) is 4.90 Å². The maximum atomic E-state index is 13.3. The van der Waals surface area contributed by atoms with Gasteiger partial charge in [-0.3, -0.25) is 9.29 Å². The van der Waals surface area contributed by atoms with Crippen LogP contribution in [-0.2, 0) is 0 Å². The molecule has 1 saturated heterocycles. The quantitative estimate of drug-likeness (QED) is 0.851. The molecule has 2 nitrogen and oxygen atoms in total. The zero-order valence-corrected chi connectivity index (χ0v) is 10.0. The average molecular weight is 240 g/mol. The third kappa shape index (κ3) is 3.16. The summed E-state index contributed by atoms with van der Waals surface area (Å²) in [4.78, 5) is 2.20. The predicted octanol–water partition coefficient (Wildman–Crippen LogP) is 2.59. The Morgan fingerprint density at radius 2 is 2.18 bits per heavy atom. The number of nitrogens with zero attached hydrogens (tertiary/aromatic N) is 1. The lowest BCUT2D eigenvalue weighted by Gasteiger charge is -2.40. The van der Waals surface area contributed by atoms with E-state index < -0.39 is 0 Å². The maximum Gasteiger partial charge on any atom is 0.128 e. The van der Waals surface area contributed by atoms with Gasteiger partial charge in [-0.15, -0.1) is 0 Å². The van der Waals surface area contributed by atoms with Gasteiger partial charge in [-0.2, -0.15) is 0 Å². The summed E-state index contributed by atoms with van der Waals surface area (Å²) in [7, 11) is 0. The highest BCUT2D eigenvalue weighted by atomic mass is 19.1. The van der Waals surface area contributed by atoms with Crippen molar-refractivity contribution < 1.29 is 8.78 Å². The Kier molecular flexibility index (Phi) is 3.94. The number of hydrogen-bond acceptors (Lipinski definition) is 2. The molecule has 17 heavy (non-hydrogen) atoms. The van der Waals surface area contributed by atoms with Gasteiger partial charge in [0, 0.05) is 25.3 Å². The molecule has 0 amide bonds. The molecule has 0 spiro atoms. The van der Waals surface area contributed by atoms with E-state index in [-0.39, 0.29) is 12.5 Å². The van der Waals surface area contributed by atoms with E-state index in [0.29, 0.717) is 18.0 Å². The molecule has 1 aromatic rings. The highest BCUT2D eigenvalue weighted by Gasteiger charge is 2.25. The summed E-state index contributed by atoms with van der Waals surface area (Å²) in [5.74, 6) is -0.177. The highest BCUT2D eigenvalue weighted by Crippen LogP contribution is 2.18. The zero-order chi connectivity index (χ0) is 12.3. The van der Waals surface area contributed by atoms with Gasteiger partial charge >= 0.3 is 0 Å². The summed E-state index contributed by atoms with van der Waals surface area (Å²) < 4.78 is 25.3. The molecule has 0 unspecified atom stereocenters. The molecule has 1 aromatic carbocycles. The number of rotatable bonds is 5. The molecule has 1 fully saturated rings. The smallest absolute Gasteiger partial charge is 0.128 e. The van der Waals surface area contributed by atoms with Gasteiger partial charge in [0.2, 0.25) is 0 Å². The Labute approximate surface area is 101 Å². The molecule has 0 saturated carbocycles. The van der Waals surface area contributed by atoms with E-state index in [0.717, 1.165) is 25.3 Å². The Hall–Kier alpha value is -1.16. The summed E-state index contributed by atoms with van der Waals surface area (Å²) in [5, 5.41) is 3.28. The summed E-state index contributed by atoms with van der Waals surface area (Å²) in [6.45, 7) is 4.14. The van der Waals surface area contributed by atoms with E-state index in [4.69, 9.17) is 0 Å². The van der Waals surface area contributed by atoms with Crippen LogP contribution in [-0.4, -0.2) is 37.3 Å². The fourth-order valence-electron chi connectivity index (χ4n) is 2.05. The van der Waals surface area contributed by atoms with E-state index in [1.807, 2.05) is 6.07 Å². The van der Waals surface area contributed by atoms with Crippen molar-refractivity contribution in [1.29, 1.82) is 0 Å². The minimum Gasteiger partial charge on any atom is -0.380 e. The molecule has 4 heteroatoms. The van der Waals surface area contributed by atoms with Crippen LogP contribution < -0.4 is 5.32 Å². The second-order valence-electron chi connectivity index (χ2n) is 4.61. The van der Waals surface area contributed by atoms with Crippen molar-refractivity contribution in [3.63, 3.8) is 0 Å². The normalized spacial score (nSPS) is 16.9. The molecule has 2 rings (SSSR count). The molecular weight excluding hydrogens is 222 g/mol. The topological polar surface area (TPSA) is 15.3 Å². The lowest BCUT2D eigenvalue weighted by Crippen LogP contribution is -2.54. The molecule has 0 atom stereocenters. The van der Waals surface area contributed by atoms with Crippen LogP contribution in [0.4, 0.5) is 14.5 Å². The molecule has 1 N–H and O–H groups in total. The van der Waals surface area contributed by atoms with Crippen molar-refractivity contribution in [3.05, 3.63) is 29.6 Å². The average Bonchev–Trinajstić information content (AvgIpc) is 2.26. The summed E-state index contributed by atoms with van der Waals surface area (Å²) in [6, 6.07) is 5.55. The third-order valence-corrected chi connectivity index (χ3v) is 3.11. The lowest BCUT2D eigenvalue weighted by molar-refractivity contribution is 0.155. The molecule has 0 aliphatic carbocycles. The number of hydrogen-bond donors (Lipinski definition) is 1. The van der Waals surface area contributed by atoms with E-state index in [2.05, 4.69) is 10.2 Å². The first-order chi connectivity index (χ1) is 8.19. The SMILES string of the molecule is Cc1ccc(NC2CN(CCCF)C2)cc1F. The van der Waals surface area contributed by atoms with Gasteiger partial charge in [-0.05, 0) is 31.0 Å². The first-order valence-corrected chi connectivity index (χ1v) is 6.00. The molecule has 1 heterocycles. The largest absolute Gasteiger partial charge is 0.380 e. The summed E-state index contributed by atoms with van der Waals surface area (Å²) in [6.07, 6.45) is 0.603. The van der Waals surface area contributed by atoms with E-state index >= 15 is 0 Å². The van der Waals surface area contributed by atoms with E-state index in [1.54, 1.807) is 13.0 Å². The first kappa shape index (κ1) is 12.3. The molecule has 0 bridgehead atoms. The standard InChI is InChI=1S/C13H18F2N2/c1-10-3-4-11(7-13(10)15)16-12-8-17(9-12)6-2-5-14/h3-4,7,12,16H,2,5-6,8-9H2,1H3. The van der Waals surface area contributed by atoms with Crippen LogP contribution in [0.3, 0.4) is 0 Å². The lowest BCUT2D eigenvalue weighted by atomic mass is 10.1. The fraction of sp³-hybridized carbons (Fsp3) is 0.538. The van der Waals surface area contributed by atoms with Crippen molar-refractivity contribution in [2.75, 3.05) is 31.6 Å². The molecule has 0 aromatic heterocycles. The number of benzene rings is 1. The number of anilines is 1. The summed E-state index contributed by atoms with van der Waals surface area (Å²) >= 11 is 0. The van der Waals surface area contributed by atoms with Crippen LogP contribution in [0.5, 0.6) is 0 Å². The minimum absolute atomic E-state index is 0.177. The van der Waals surface area contributed by atoms with Crippen LogP contribution >= 0.6 is 0 Å². The number of likely N-dealkylation sites (tertiary alicyclic amines) is 1. The first-order valence-electron chi connectivity index (χ1n) is 6.00. The number of alkyl halides is 1. The van der Waals surface area contributed by atoms with Crippen LogP contribution in [0, 0.1) is 12.7 Å². The van der Waals surface area contributed by atoms with Crippen molar-refractivity contribution in [2.24, 2.45) is 0 Å². The molecule has 1 aliphatic heterocycles. The third-order valence-electron chi connectivity index (χ3n) is 3.11. The van der Waals surface area contributed by atoms with Gasteiger partial charge in [-0.1, -0.05) is 6.07 Å². The van der Waals surface area contributed by atoms with Gasteiger partial charge in [0.25, 0.3) is 0 Å². The molecular formula is C13H18F2N2. The monoisotopic (exact) mass is 240 g/mol. The zero-order valence-electron chi connectivity index (χ0n) is 10.0. The second kappa shape index (κ2) is 5.45. The van der Waals surface area contributed by atoms with Gasteiger partial charge in [-0.25, -0.2) is 4.39 Å². The highest BCUT2D eigenvalue weighted by molar-refractivity contribution is 5.46. The number of nitrogens with one attached hydrogen (secondary N) is 1. The van der Waals surface area contributed by atoms with E-state index in [9.17, 15) is 8.78 Å². The van der Waals surface area contributed by atoms with Crippen molar-refractivity contribution in [2.45, 2.75) is 19.4 Å². The van der Waals surface area contributed by atoms with Gasteiger partial charge in [0.15, 0.2) is 0 Å².